The zero-order chi connectivity index (χ0) is 17.9. The Balaban J connectivity index is 1.41. The van der Waals surface area contributed by atoms with E-state index in [2.05, 4.69) is 25.1 Å². The second-order valence-electron chi connectivity index (χ2n) is 6.44. The van der Waals surface area contributed by atoms with E-state index < -0.39 is 0 Å². The number of H-pyrrole nitrogens is 1. The lowest BCUT2D eigenvalue weighted by atomic mass is 9.97. The highest BCUT2D eigenvalue weighted by molar-refractivity contribution is 5.84. The van der Waals surface area contributed by atoms with Gasteiger partial charge in [0, 0.05) is 19.0 Å². The van der Waals surface area contributed by atoms with Gasteiger partial charge in [-0.25, -0.2) is 15.0 Å². The molecule has 1 aliphatic rings. The van der Waals surface area contributed by atoms with E-state index in [0.29, 0.717) is 12.4 Å². The molecule has 1 atom stereocenters. The lowest BCUT2D eigenvalue weighted by Gasteiger charge is -2.31. The van der Waals surface area contributed by atoms with Gasteiger partial charge in [-0.3, -0.25) is 9.89 Å². The molecule has 4 rings (SSSR count). The van der Waals surface area contributed by atoms with Crippen molar-refractivity contribution >= 4 is 16.8 Å². The fourth-order valence-corrected chi connectivity index (χ4v) is 3.27. The third-order valence-electron chi connectivity index (χ3n) is 4.59. The van der Waals surface area contributed by atoms with Crippen LogP contribution in [0, 0.1) is 6.92 Å². The molecule has 134 valence electrons. The maximum Gasteiger partial charge on any atom is 0.260 e. The Bertz CT molecular complexity index is 919. The summed E-state index contributed by atoms with van der Waals surface area (Å²) in [5.41, 5.74) is 0.794. The van der Waals surface area contributed by atoms with E-state index in [1.165, 1.54) is 6.33 Å². The van der Waals surface area contributed by atoms with Crippen molar-refractivity contribution in [1.29, 1.82) is 0 Å². The summed E-state index contributed by atoms with van der Waals surface area (Å²) in [4.78, 5) is 27.2. The standard InChI is InChI=1S/C18H20N6O2/c1-12-21-17(23-22-12)13-5-4-8-24(9-13)16(25)10-26-18-14-6-2-3-7-15(14)19-11-20-18/h2-3,6-7,11,13H,4-5,8-10H2,1H3,(H,21,22,23)/t13-/m0/s1. The number of aromatic amines is 1. The highest BCUT2D eigenvalue weighted by atomic mass is 16.5. The van der Waals surface area contributed by atoms with E-state index in [0.717, 1.165) is 41.9 Å². The summed E-state index contributed by atoms with van der Waals surface area (Å²) in [6.45, 7) is 3.18. The predicted molar refractivity (Wildman–Crippen MR) is 94.7 cm³/mol. The normalized spacial score (nSPS) is 17.4. The molecule has 1 amide bonds. The number of likely N-dealkylation sites (tertiary alicyclic amines) is 1. The molecular weight excluding hydrogens is 332 g/mol. The third-order valence-corrected chi connectivity index (χ3v) is 4.59. The topological polar surface area (TPSA) is 96.9 Å². The molecule has 3 heterocycles. The number of fused-ring (bicyclic) bond motifs is 1. The molecule has 1 aliphatic heterocycles. The molecule has 3 aromatic rings. The molecule has 1 N–H and O–H groups in total. The number of aromatic nitrogens is 5. The van der Waals surface area contributed by atoms with E-state index in [4.69, 9.17) is 4.74 Å². The van der Waals surface area contributed by atoms with Gasteiger partial charge in [0.15, 0.2) is 12.4 Å². The van der Waals surface area contributed by atoms with Crippen molar-refractivity contribution in [2.75, 3.05) is 19.7 Å². The number of para-hydroxylation sites is 1. The summed E-state index contributed by atoms with van der Waals surface area (Å²) in [5.74, 6) is 2.12. The second kappa shape index (κ2) is 7.07. The zero-order valence-electron chi connectivity index (χ0n) is 14.6. The number of carbonyl (C=O) groups excluding carboxylic acids is 1. The molecule has 0 radical (unpaired) electrons. The number of amides is 1. The Morgan fingerprint density at radius 1 is 1.35 bits per heavy atom. The Labute approximate surface area is 150 Å². The van der Waals surface area contributed by atoms with Gasteiger partial charge in [0.2, 0.25) is 5.88 Å². The number of piperidine rings is 1. The first kappa shape index (κ1) is 16.4. The second-order valence-corrected chi connectivity index (χ2v) is 6.44. The lowest BCUT2D eigenvalue weighted by Crippen LogP contribution is -2.41. The van der Waals surface area contributed by atoms with Crippen LogP contribution >= 0.6 is 0 Å². The van der Waals surface area contributed by atoms with Gasteiger partial charge < -0.3 is 9.64 Å². The maximum absolute atomic E-state index is 12.6. The molecule has 0 bridgehead atoms. The van der Waals surface area contributed by atoms with Crippen molar-refractivity contribution < 1.29 is 9.53 Å². The number of rotatable bonds is 4. The number of carbonyl (C=O) groups is 1. The summed E-state index contributed by atoms with van der Waals surface area (Å²) in [6.07, 6.45) is 3.36. The molecule has 1 aromatic carbocycles. The van der Waals surface area contributed by atoms with E-state index in [1.54, 1.807) is 0 Å². The van der Waals surface area contributed by atoms with Gasteiger partial charge in [0.05, 0.1) is 10.9 Å². The lowest BCUT2D eigenvalue weighted by molar-refractivity contribution is -0.134. The quantitative estimate of drug-likeness (QED) is 0.769. The van der Waals surface area contributed by atoms with Crippen LogP contribution in [0.3, 0.4) is 0 Å². The Morgan fingerprint density at radius 2 is 2.23 bits per heavy atom. The summed E-state index contributed by atoms with van der Waals surface area (Å²) in [7, 11) is 0. The van der Waals surface area contributed by atoms with Gasteiger partial charge >= 0.3 is 0 Å². The van der Waals surface area contributed by atoms with E-state index >= 15 is 0 Å². The minimum Gasteiger partial charge on any atom is -0.467 e. The molecule has 2 aromatic heterocycles. The Kier molecular flexibility index (Phi) is 4.47. The molecule has 8 heteroatoms. The third kappa shape index (κ3) is 3.35. The molecule has 0 spiro atoms. The van der Waals surface area contributed by atoms with Crippen LogP contribution in [0.1, 0.15) is 30.4 Å². The summed E-state index contributed by atoms with van der Waals surface area (Å²) >= 11 is 0. The fourth-order valence-electron chi connectivity index (χ4n) is 3.27. The van der Waals surface area contributed by atoms with Gasteiger partial charge in [-0.2, -0.15) is 5.10 Å². The highest BCUT2D eigenvalue weighted by Gasteiger charge is 2.27. The Morgan fingerprint density at radius 3 is 3.08 bits per heavy atom. The number of ether oxygens (including phenoxy) is 1. The minimum absolute atomic E-state index is 0.0409. The van der Waals surface area contributed by atoms with Crippen molar-refractivity contribution in [3.8, 4) is 5.88 Å². The minimum atomic E-state index is -0.0512. The van der Waals surface area contributed by atoms with Crippen LogP contribution < -0.4 is 4.74 Å². The first-order valence-electron chi connectivity index (χ1n) is 8.70. The zero-order valence-corrected chi connectivity index (χ0v) is 14.6. The fraction of sp³-hybridized carbons (Fsp3) is 0.389. The number of hydrogen-bond acceptors (Lipinski definition) is 6. The average Bonchev–Trinajstić information content (AvgIpc) is 3.12. The van der Waals surface area contributed by atoms with Crippen LogP contribution in [0.4, 0.5) is 0 Å². The van der Waals surface area contributed by atoms with Crippen molar-refractivity contribution in [2.45, 2.75) is 25.7 Å². The van der Waals surface area contributed by atoms with Gasteiger partial charge in [-0.1, -0.05) is 12.1 Å². The maximum atomic E-state index is 12.6. The molecule has 0 aliphatic carbocycles. The molecule has 0 saturated carbocycles. The summed E-state index contributed by atoms with van der Waals surface area (Å²) in [6, 6.07) is 7.58. The SMILES string of the molecule is Cc1nc([C@H]2CCCN(C(=O)COc3ncnc4ccccc34)C2)n[nH]1. The van der Waals surface area contributed by atoms with Crippen LogP contribution in [0.2, 0.25) is 0 Å². The van der Waals surface area contributed by atoms with E-state index in [1.807, 2.05) is 36.1 Å². The first-order valence-corrected chi connectivity index (χ1v) is 8.70. The molecule has 0 unspecified atom stereocenters. The number of hydrogen-bond donors (Lipinski definition) is 1. The molecular formula is C18H20N6O2. The van der Waals surface area contributed by atoms with Gasteiger partial charge in [-0.05, 0) is 31.9 Å². The van der Waals surface area contributed by atoms with Gasteiger partial charge in [-0.15, -0.1) is 0 Å². The average molecular weight is 352 g/mol. The van der Waals surface area contributed by atoms with Crippen molar-refractivity contribution in [2.24, 2.45) is 0 Å². The van der Waals surface area contributed by atoms with Gasteiger partial charge in [0.1, 0.15) is 12.2 Å². The number of nitrogens with zero attached hydrogens (tertiary/aromatic N) is 5. The number of benzene rings is 1. The smallest absolute Gasteiger partial charge is 0.260 e. The van der Waals surface area contributed by atoms with Crippen LogP contribution in [-0.2, 0) is 4.79 Å². The molecule has 1 fully saturated rings. The number of aryl methyl sites for hydroxylation is 1. The van der Waals surface area contributed by atoms with Crippen LogP contribution in [0.5, 0.6) is 5.88 Å². The summed E-state index contributed by atoms with van der Waals surface area (Å²) in [5, 5.41) is 7.91. The monoisotopic (exact) mass is 352 g/mol. The summed E-state index contributed by atoms with van der Waals surface area (Å²) < 4.78 is 5.70. The van der Waals surface area contributed by atoms with Crippen molar-refractivity contribution in [1.82, 2.24) is 30.0 Å². The van der Waals surface area contributed by atoms with Crippen LogP contribution in [0.25, 0.3) is 10.9 Å². The molecule has 8 nitrogen and oxygen atoms in total. The highest BCUT2D eigenvalue weighted by Crippen LogP contribution is 2.25. The molecule has 1 saturated heterocycles. The largest absolute Gasteiger partial charge is 0.467 e. The predicted octanol–water partition coefficient (Wildman–Crippen LogP) is 1.84. The van der Waals surface area contributed by atoms with Gasteiger partial charge in [0.25, 0.3) is 5.91 Å². The molecule has 26 heavy (non-hydrogen) atoms. The number of nitrogens with one attached hydrogen (secondary N) is 1. The van der Waals surface area contributed by atoms with Crippen LogP contribution in [-0.4, -0.2) is 55.7 Å². The van der Waals surface area contributed by atoms with E-state index in [-0.39, 0.29) is 18.4 Å². The van der Waals surface area contributed by atoms with Crippen molar-refractivity contribution in [3.63, 3.8) is 0 Å². The van der Waals surface area contributed by atoms with Crippen LogP contribution in [0.15, 0.2) is 30.6 Å². The Hall–Kier alpha value is -3.03. The van der Waals surface area contributed by atoms with E-state index in [9.17, 15) is 4.79 Å². The van der Waals surface area contributed by atoms with Crippen molar-refractivity contribution in [3.05, 3.63) is 42.2 Å². The first-order chi connectivity index (χ1) is 12.7.